The Labute approximate surface area is 69.5 Å². The molecule has 0 heterocycles. The molecule has 0 bridgehead atoms. The quantitative estimate of drug-likeness (QED) is 0.451. The average Bonchev–Trinajstić information content (AvgIpc) is 1.86. The van der Waals surface area contributed by atoms with Crippen molar-refractivity contribution in [2.45, 2.75) is 34.6 Å². The van der Waals surface area contributed by atoms with Gasteiger partial charge in [-0.2, -0.15) is 0 Å². The van der Waals surface area contributed by atoms with E-state index in [9.17, 15) is 4.79 Å². The van der Waals surface area contributed by atoms with E-state index >= 15 is 0 Å². The van der Waals surface area contributed by atoms with Crippen LogP contribution in [0.3, 0.4) is 0 Å². The van der Waals surface area contributed by atoms with Crippen LogP contribution in [0.1, 0.15) is 34.6 Å². The molecule has 11 heavy (non-hydrogen) atoms. The number of hydrogen-bond acceptors (Lipinski definition) is 1. The highest BCUT2D eigenvalue weighted by Gasteiger charge is 2.22. The minimum absolute atomic E-state index is 0.225. The van der Waals surface area contributed by atoms with Crippen molar-refractivity contribution < 1.29 is 4.79 Å². The van der Waals surface area contributed by atoms with Crippen LogP contribution in [0, 0.1) is 11.3 Å². The number of aldehydes is 1. The van der Waals surface area contributed by atoms with E-state index in [1.807, 2.05) is 13.8 Å². The van der Waals surface area contributed by atoms with Gasteiger partial charge in [-0.15, -0.1) is 0 Å². The summed E-state index contributed by atoms with van der Waals surface area (Å²) in [7, 11) is 0. The van der Waals surface area contributed by atoms with Gasteiger partial charge in [0.1, 0.15) is 6.29 Å². The molecule has 0 amide bonds. The zero-order chi connectivity index (χ0) is 9.07. The molecule has 0 rings (SSSR count). The van der Waals surface area contributed by atoms with Crippen molar-refractivity contribution in [3.63, 3.8) is 0 Å². The SMILES string of the molecule is CC(C)=CC(C)C(C)(C)C=O. The Morgan fingerprint density at radius 3 is 2.09 bits per heavy atom. The first-order valence-electron chi connectivity index (χ1n) is 4.01. The molecule has 0 aromatic rings. The van der Waals surface area contributed by atoms with Crippen molar-refractivity contribution >= 4 is 6.29 Å². The normalized spacial score (nSPS) is 13.9. The van der Waals surface area contributed by atoms with Gasteiger partial charge in [-0.05, 0) is 19.8 Å². The third kappa shape index (κ3) is 3.35. The molecule has 1 unspecified atom stereocenters. The van der Waals surface area contributed by atoms with Crippen LogP contribution in [0.5, 0.6) is 0 Å². The highest BCUT2D eigenvalue weighted by atomic mass is 16.1. The lowest BCUT2D eigenvalue weighted by Gasteiger charge is -2.22. The molecule has 1 nitrogen and oxygen atoms in total. The Balaban J connectivity index is 4.35. The van der Waals surface area contributed by atoms with Crippen LogP contribution < -0.4 is 0 Å². The van der Waals surface area contributed by atoms with Gasteiger partial charge >= 0.3 is 0 Å². The summed E-state index contributed by atoms with van der Waals surface area (Å²) in [5.41, 5.74) is 1.05. The van der Waals surface area contributed by atoms with Gasteiger partial charge < -0.3 is 4.79 Å². The van der Waals surface area contributed by atoms with Crippen molar-refractivity contribution in [1.82, 2.24) is 0 Å². The molecular formula is C10H18O. The molecule has 0 saturated carbocycles. The molecule has 64 valence electrons. The monoisotopic (exact) mass is 154 g/mol. The number of allylic oxidation sites excluding steroid dienone is 2. The summed E-state index contributed by atoms with van der Waals surface area (Å²) in [5, 5.41) is 0. The van der Waals surface area contributed by atoms with Crippen LogP contribution >= 0.6 is 0 Å². The topological polar surface area (TPSA) is 17.1 Å². The van der Waals surface area contributed by atoms with Gasteiger partial charge in [-0.3, -0.25) is 0 Å². The predicted molar refractivity (Wildman–Crippen MR) is 48.4 cm³/mol. The van der Waals surface area contributed by atoms with Crippen molar-refractivity contribution in [1.29, 1.82) is 0 Å². The zero-order valence-corrected chi connectivity index (χ0v) is 8.14. The summed E-state index contributed by atoms with van der Waals surface area (Å²) < 4.78 is 0. The molecule has 1 heteroatoms. The molecule has 1 atom stereocenters. The van der Waals surface area contributed by atoms with E-state index in [0.29, 0.717) is 5.92 Å². The summed E-state index contributed by atoms with van der Waals surface area (Å²) in [6.07, 6.45) is 3.16. The van der Waals surface area contributed by atoms with Gasteiger partial charge in [-0.1, -0.05) is 32.4 Å². The Bertz CT molecular complexity index is 162. The second-order valence-corrected chi connectivity index (χ2v) is 3.97. The van der Waals surface area contributed by atoms with Crippen molar-refractivity contribution in [2.75, 3.05) is 0 Å². The molecule has 0 aromatic heterocycles. The van der Waals surface area contributed by atoms with Gasteiger partial charge in [0.15, 0.2) is 0 Å². The van der Waals surface area contributed by atoms with Crippen LogP contribution in [-0.2, 0) is 4.79 Å². The first kappa shape index (κ1) is 10.4. The molecular weight excluding hydrogens is 136 g/mol. The lowest BCUT2D eigenvalue weighted by Crippen LogP contribution is -2.21. The summed E-state index contributed by atoms with van der Waals surface area (Å²) in [4.78, 5) is 10.6. The Kier molecular flexibility index (Phi) is 3.50. The number of rotatable bonds is 3. The summed E-state index contributed by atoms with van der Waals surface area (Å²) in [5.74, 6) is 0.324. The minimum atomic E-state index is -0.225. The van der Waals surface area contributed by atoms with Crippen LogP contribution in [-0.4, -0.2) is 6.29 Å². The highest BCUT2D eigenvalue weighted by Crippen LogP contribution is 2.25. The lowest BCUT2D eigenvalue weighted by atomic mass is 9.81. The van der Waals surface area contributed by atoms with Gasteiger partial charge in [0.25, 0.3) is 0 Å². The highest BCUT2D eigenvalue weighted by molar-refractivity contribution is 5.59. The van der Waals surface area contributed by atoms with Gasteiger partial charge in [0.2, 0.25) is 0 Å². The standard InChI is InChI=1S/C10H18O/c1-8(2)6-9(3)10(4,5)7-11/h6-7,9H,1-5H3. The maximum absolute atomic E-state index is 10.6. The maximum atomic E-state index is 10.6. The molecule has 0 aliphatic heterocycles. The van der Waals surface area contributed by atoms with Crippen LogP contribution in [0.15, 0.2) is 11.6 Å². The molecule has 0 N–H and O–H groups in total. The molecule has 0 aromatic carbocycles. The molecule has 0 aliphatic rings. The zero-order valence-electron chi connectivity index (χ0n) is 8.14. The Morgan fingerprint density at radius 2 is 1.82 bits per heavy atom. The van der Waals surface area contributed by atoms with Crippen LogP contribution in [0.2, 0.25) is 0 Å². The van der Waals surface area contributed by atoms with E-state index in [4.69, 9.17) is 0 Å². The molecule has 0 radical (unpaired) electrons. The van der Waals surface area contributed by atoms with E-state index in [1.165, 1.54) is 5.57 Å². The second-order valence-electron chi connectivity index (χ2n) is 3.97. The van der Waals surface area contributed by atoms with E-state index in [0.717, 1.165) is 6.29 Å². The third-order valence-corrected chi connectivity index (χ3v) is 2.06. The van der Waals surface area contributed by atoms with Gasteiger partial charge in [0.05, 0.1) is 0 Å². The van der Waals surface area contributed by atoms with Crippen molar-refractivity contribution in [3.8, 4) is 0 Å². The first-order chi connectivity index (χ1) is 4.90. The fraction of sp³-hybridized carbons (Fsp3) is 0.700. The lowest BCUT2D eigenvalue weighted by molar-refractivity contribution is -0.116. The first-order valence-corrected chi connectivity index (χ1v) is 4.01. The van der Waals surface area contributed by atoms with E-state index in [1.54, 1.807) is 0 Å². The Morgan fingerprint density at radius 1 is 1.36 bits per heavy atom. The Hall–Kier alpha value is -0.590. The fourth-order valence-corrected chi connectivity index (χ4v) is 0.822. The summed E-state index contributed by atoms with van der Waals surface area (Å²) in [6, 6.07) is 0. The third-order valence-electron chi connectivity index (χ3n) is 2.06. The summed E-state index contributed by atoms with van der Waals surface area (Å²) >= 11 is 0. The maximum Gasteiger partial charge on any atom is 0.126 e. The van der Waals surface area contributed by atoms with Crippen molar-refractivity contribution in [2.24, 2.45) is 11.3 Å². The van der Waals surface area contributed by atoms with Gasteiger partial charge in [0, 0.05) is 5.41 Å². The number of carbonyl (C=O) groups excluding carboxylic acids is 1. The minimum Gasteiger partial charge on any atom is -0.303 e. The van der Waals surface area contributed by atoms with E-state index in [2.05, 4.69) is 26.8 Å². The molecule has 0 fully saturated rings. The van der Waals surface area contributed by atoms with Crippen LogP contribution in [0.25, 0.3) is 0 Å². The van der Waals surface area contributed by atoms with Gasteiger partial charge in [-0.25, -0.2) is 0 Å². The molecule has 0 aliphatic carbocycles. The summed E-state index contributed by atoms with van der Waals surface area (Å²) in [6.45, 7) is 10.1. The molecule has 0 spiro atoms. The predicted octanol–water partition coefficient (Wildman–Crippen LogP) is 2.81. The number of carbonyl (C=O) groups is 1. The number of hydrogen-bond donors (Lipinski definition) is 0. The molecule has 0 saturated heterocycles. The second kappa shape index (κ2) is 3.70. The largest absolute Gasteiger partial charge is 0.303 e. The van der Waals surface area contributed by atoms with Crippen molar-refractivity contribution in [3.05, 3.63) is 11.6 Å². The van der Waals surface area contributed by atoms with Crippen LogP contribution in [0.4, 0.5) is 0 Å². The van der Waals surface area contributed by atoms with E-state index < -0.39 is 0 Å². The average molecular weight is 154 g/mol. The van der Waals surface area contributed by atoms with E-state index in [-0.39, 0.29) is 5.41 Å². The fourth-order valence-electron chi connectivity index (χ4n) is 0.822. The smallest absolute Gasteiger partial charge is 0.126 e.